The standard InChI is InChI=1S/C49H57N7O6/c57-43(22-16-37-12-10-26-50-35-37)51-27-7-6-11-36-24-29-55(30-25-36)47(60)39-17-19-40(20-18-39)54-33-31-53(32-34-54)28-8-4-2-1-3-5-13-38-14-9-15-41-45(38)49(62)56(48(41)61)42-21-23-44(58)52-46(42)59/h9-10,12,14-20,22,26,35-36,42H,1-4,6-8,11,21,23-25,27-34H2,(H,51,57)(H,52,58,59)/b22-16+. The van der Waals surface area contributed by atoms with Gasteiger partial charge in [0.2, 0.25) is 17.7 Å². The monoisotopic (exact) mass is 839 g/mol. The van der Waals surface area contributed by atoms with E-state index in [9.17, 15) is 28.8 Å². The molecule has 0 spiro atoms. The minimum Gasteiger partial charge on any atom is -0.369 e. The van der Waals surface area contributed by atoms with Crippen LogP contribution in [0.25, 0.3) is 6.08 Å². The van der Waals surface area contributed by atoms with Crippen LogP contribution in [0.2, 0.25) is 0 Å². The molecule has 4 aliphatic rings. The van der Waals surface area contributed by atoms with Gasteiger partial charge in [0.05, 0.1) is 11.1 Å². The van der Waals surface area contributed by atoms with E-state index in [1.165, 1.54) is 0 Å². The van der Waals surface area contributed by atoms with E-state index in [-0.39, 0.29) is 35.8 Å². The van der Waals surface area contributed by atoms with E-state index in [0.717, 1.165) is 125 Å². The van der Waals surface area contributed by atoms with Crippen molar-refractivity contribution in [2.45, 2.75) is 83.1 Å². The molecule has 3 fully saturated rings. The molecule has 0 radical (unpaired) electrons. The van der Waals surface area contributed by atoms with Crippen LogP contribution in [0.5, 0.6) is 0 Å². The molecule has 62 heavy (non-hydrogen) atoms. The van der Waals surface area contributed by atoms with Crippen molar-refractivity contribution in [2.75, 3.05) is 57.3 Å². The molecule has 2 aromatic carbocycles. The summed E-state index contributed by atoms with van der Waals surface area (Å²) < 4.78 is 0. The molecule has 3 saturated heterocycles. The maximum absolute atomic E-state index is 13.3. The van der Waals surface area contributed by atoms with E-state index in [2.05, 4.69) is 49.4 Å². The van der Waals surface area contributed by atoms with Crippen LogP contribution in [0.1, 0.15) is 119 Å². The second-order valence-corrected chi connectivity index (χ2v) is 16.7. The summed E-state index contributed by atoms with van der Waals surface area (Å²) in [5.74, 6) is 4.83. The number of anilines is 1. The Labute approximate surface area is 364 Å². The maximum atomic E-state index is 13.3. The number of carbonyl (C=O) groups is 6. The highest BCUT2D eigenvalue weighted by molar-refractivity contribution is 6.24. The largest absolute Gasteiger partial charge is 0.369 e. The number of amides is 6. The van der Waals surface area contributed by atoms with Crippen LogP contribution in [0, 0.1) is 17.8 Å². The molecule has 1 atom stereocenters. The summed E-state index contributed by atoms with van der Waals surface area (Å²) in [5, 5.41) is 5.19. The molecule has 13 heteroatoms. The van der Waals surface area contributed by atoms with E-state index in [0.29, 0.717) is 24.4 Å². The molecular weight excluding hydrogens is 783 g/mol. The molecule has 3 aromatic rings. The third-order valence-corrected chi connectivity index (χ3v) is 12.4. The van der Waals surface area contributed by atoms with Gasteiger partial charge >= 0.3 is 0 Å². The summed E-state index contributed by atoms with van der Waals surface area (Å²) in [7, 11) is 0. The number of nitrogens with zero attached hydrogens (tertiary/aromatic N) is 5. The number of piperazine rings is 1. The Bertz CT molecular complexity index is 2180. The van der Waals surface area contributed by atoms with Crippen molar-refractivity contribution in [1.29, 1.82) is 0 Å². The average Bonchev–Trinajstić information content (AvgIpc) is 3.55. The van der Waals surface area contributed by atoms with Crippen molar-refractivity contribution in [3.8, 4) is 11.8 Å². The smallest absolute Gasteiger partial charge is 0.263 e. The lowest BCUT2D eigenvalue weighted by atomic mass is 9.91. The lowest BCUT2D eigenvalue weighted by Crippen LogP contribution is -2.54. The highest BCUT2D eigenvalue weighted by atomic mass is 16.2. The molecule has 2 N–H and O–H groups in total. The molecule has 1 unspecified atom stereocenters. The van der Waals surface area contributed by atoms with E-state index >= 15 is 0 Å². The Morgan fingerprint density at radius 3 is 2.37 bits per heavy atom. The molecule has 6 amide bonds. The molecule has 7 rings (SSSR count). The first kappa shape index (κ1) is 43.9. The second kappa shape index (κ2) is 21.6. The first-order valence-electron chi connectivity index (χ1n) is 22.3. The van der Waals surface area contributed by atoms with Crippen molar-refractivity contribution in [3.05, 3.63) is 101 Å². The van der Waals surface area contributed by atoms with Crippen LogP contribution < -0.4 is 15.5 Å². The second-order valence-electron chi connectivity index (χ2n) is 16.7. The number of rotatable bonds is 16. The number of hydrogen-bond acceptors (Lipinski definition) is 9. The summed E-state index contributed by atoms with van der Waals surface area (Å²) in [6, 6.07) is 15.9. The van der Waals surface area contributed by atoms with Gasteiger partial charge in [-0.3, -0.25) is 48.9 Å². The number of carbonyl (C=O) groups excluding carboxylic acids is 6. The topological polar surface area (TPSA) is 152 Å². The van der Waals surface area contributed by atoms with Crippen molar-refractivity contribution >= 4 is 47.2 Å². The molecule has 0 aliphatic carbocycles. The van der Waals surface area contributed by atoms with Crippen LogP contribution in [0.3, 0.4) is 0 Å². The summed E-state index contributed by atoms with van der Waals surface area (Å²) in [5.41, 5.74) is 3.78. The van der Waals surface area contributed by atoms with Crippen molar-refractivity contribution in [3.63, 3.8) is 0 Å². The van der Waals surface area contributed by atoms with Crippen molar-refractivity contribution in [1.82, 2.24) is 30.3 Å². The Morgan fingerprint density at radius 2 is 1.61 bits per heavy atom. The molecule has 4 aliphatic heterocycles. The summed E-state index contributed by atoms with van der Waals surface area (Å²) in [6.45, 7) is 7.21. The predicted octanol–water partition coefficient (Wildman–Crippen LogP) is 5.46. The number of piperidine rings is 2. The summed E-state index contributed by atoms with van der Waals surface area (Å²) in [4.78, 5) is 87.7. The molecule has 0 bridgehead atoms. The van der Waals surface area contributed by atoms with Gasteiger partial charge in [0, 0.05) is 93.9 Å². The molecule has 13 nitrogen and oxygen atoms in total. The van der Waals surface area contributed by atoms with Gasteiger partial charge < -0.3 is 15.1 Å². The van der Waals surface area contributed by atoms with Crippen LogP contribution in [-0.4, -0.2) is 114 Å². The van der Waals surface area contributed by atoms with Gasteiger partial charge in [0.1, 0.15) is 6.04 Å². The van der Waals surface area contributed by atoms with Crippen LogP contribution in [0.4, 0.5) is 5.69 Å². The van der Waals surface area contributed by atoms with Crippen LogP contribution in [0.15, 0.2) is 73.1 Å². The third kappa shape index (κ3) is 11.4. The first-order valence-corrected chi connectivity index (χ1v) is 22.3. The van der Waals surface area contributed by atoms with E-state index in [1.54, 1.807) is 42.7 Å². The summed E-state index contributed by atoms with van der Waals surface area (Å²) >= 11 is 0. The van der Waals surface area contributed by atoms with Gasteiger partial charge in [-0.2, -0.15) is 0 Å². The molecule has 5 heterocycles. The van der Waals surface area contributed by atoms with E-state index < -0.39 is 29.7 Å². The van der Waals surface area contributed by atoms with Crippen LogP contribution in [-0.2, 0) is 14.4 Å². The number of unbranched alkanes of at least 4 members (excludes halogenated alkanes) is 5. The van der Waals surface area contributed by atoms with Crippen LogP contribution >= 0.6 is 0 Å². The number of benzene rings is 2. The SMILES string of the molecule is O=C(/C=C/c1cccnc1)NCCCCC1CCN(C(=O)c2ccc(N3CCN(CCCCCCC#Cc4cccc5c4C(=O)N(C4CCC(=O)NC4=O)C5=O)CC3)cc2)CC1. The molecule has 0 saturated carbocycles. The lowest BCUT2D eigenvalue weighted by Gasteiger charge is -2.36. The minimum atomic E-state index is -0.994. The zero-order valence-corrected chi connectivity index (χ0v) is 35.5. The Morgan fingerprint density at radius 1 is 0.823 bits per heavy atom. The number of aromatic nitrogens is 1. The summed E-state index contributed by atoms with van der Waals surface area (Å²) in [6.07, 6.45) is 17.0. The third-order valence-electron chi connectivity index (χ3n) is 12.4. The van der Waals surface area contributed by atoms with Gasteiger partial charge in [-0.25, -0.2) is 0 Å². The molecular formula is C49H57N7O6. The van der Waals surface area contributed by atoms with E-state index in [1.807, 2.05) is 29.2 Å². The first-order chi connectivity index (χ1) is 30.2. The predicted molar refractivity (Wildman–Crippen MR) is 237 cm³/mol. The Hall–Kier alpha value is -6.13. The maximum Gasteiger partial charge on any atom is 0.263 e. The zero-order chi connectivity index (χ0) is 43.3. The number of likely N-dealkylation sites (tertiary alicyclic amines) is 1. The highest BCUT2D eigenvalue weighted by Crippen LogP contribution is 2.30. The average molecular weight is 840 g/mol. The fourth-order valence-electron chi connectivity index (χ4n) is 8.81. The van der Waals surface area contributed by atoms with Gasteiger partial charge in [-0.05, 0) is 105 Å². The molecule has 324 valence electrons. The highest BCUT2D eigenvalue weighted by Gasteiger charge is 2.45. The zero-order valence-electron chi connectivity index (χ0n) is 35.5. The number of fused-ring (bicyclic) bond motifs is 1. The number of hydrogen-bond donors (Lipinski definition) is 2. The Balaban J connectivity index is 0.735. The number of imide groups is 2. The minimum absolute atomic E-state index is 0.0807. The van der Waals surface area contributed by atoms with Crippen molar-refractivity contribution in [2.24, 2.45) is 5.92 Å². The fraction of sp³-hybridized carbons (Fsp3) is 0.449. The van der Waals surface area contributed by atoms with Crippen molar-refractivity contribution < 1.29 is 28.8 Å². The Kier molecular flexibility index (Phi) is 15.3. The number of nitrogens with one attached hydrogen (secondary N) is 2. The normalized spacial score (nSPS) is 18.5. The quantitative estimate of drug-likeness (QED) is 0.0830. The van der Waals surface area contributed by atoms with Gasteiger partial charge in [0.15, 0.2) is 0 Å². The van der Waals surface area contributed by atoms with Gasteiger partial charge in [-0.1, -0.05) is 49.7 Å². The number of pyridine rings is 1. The van der Waals surface area contributed by atoms with Gasteiger partial charge in [-0.15, -0.1) is 0 Å². The van der Waals surface area contributed by atoms with Gasteiger partial charge in [0.25, 0.3) is 17.7 Å². The lowest BCUT2D eigenvalue weighted by molar-refractivity contribution is -0.136. The molecule has 1 aromatic heterocycles. The fourth-order valence-corrected chi connectivity index (χ4v) is 8.81. The van der Waals surface area contributed by atoms with E-state index in [4.69, 9.17) is 0 Å².